The molecule has 0 aliphatic carbocycles. The van der Waals surface area contributed by atoms with Crippen molar-refractivity contribution in [2.45, 2.75) is 5.75 Å². The molecule has 0 atom stereocenters. The Morgan fingerprint density at radius 3 is 2.43 bits per heavy atom. The first-order valence-corrected chi connectivity index (χ1v) is 7.38. The largest absolute Gasteiger partial charge is 0.508 e. The number of nitrogens with zero attached hydrogens (tertiary/aromatic N) is 1. The molecule has 0 fully saturated rings. The summed E-state index contributed by atoms with van der Waals surface area (Å²) >= 11 is 0. The zero-order valence-electron chi connectivity index (χ0n) is 10.7. The van der Waals surface area contributed by atoms with E-state index in [1.54, 1.807) is 18.2 Å². The zero-order chi connectivity index (χ0) is 15.5. The molecule has 0 aliphatic heterocycles. The number of non-ortho nitro benzene ring substituents is 1. The second-order valence-corrected chi connectivity index (χ2v) is 5.74. The van der Waals surface area contributed by atoms with Gasteiger partial charge in [-0.25, -0.2) is 0 Å². The second-order valence-electron chi connectivity index (χ2n) is 4.17. The van der Waals surface area contributed by atoms with Crippen LogP contribution in [0.2, 0.25) is 0 Å². The first kappa shape index (κ1) is 14.8. The fraction of sp³-hybridized carbons (Fsp3) is 0.0769. The molecule has 1 N–H and O–H groups in total. The highest BCUT2D eigenvalue weighted by Crippen LogP contribution is 2.25. The number of aromatic hydroxyl groups is 1. The molecule has 2 rings (SSSR count). The Bertz CT molecular complexity index is 757. The van der Waals surface area contributed by atoms with Crippen molar-refractivity contribution in [1.82, 2.24) is 0 Å². The summed E-state index contributed by atoms with van der Waals surface area (Å²) in [6.45, 7) is 0. The summed E-state index contributed by atoms with van der Waals surface area (Å²) in [5, 5.41) is 20.3. The van der Waals surface area contributed by atoms with E-state index in [-0.39, 0.29) is 22.7 Å². The number of nitro benzene ring substituents is 1. The molecule has 2 aromatic rings. The molecule has 0 heterocycles. The van der Waals surface area contributed by atoms with Crippen LogP contribution in [-0.4, -0.2) is 18.4 Å². The highest BCUT2D eigenvalue weighted by Gasteiger charge is 2.19. The van der Waals surface area contributed by atoms with Gasteiger partial charge in [-0.1, -0.05) is 18.2 Å². The lowest BCUT2D eigenvalue weighted by Crippen LogP contribution is -2.12. The number of benzene rings is 2. The van der Waals surface area contributed by atoms with Gasteiger partial charge >= 0.3 is 10.1 Å². The Morgan fingerprint density at radius 1 is 1.14 bits per heavy atom. The first-order chi connectivity index (χ1) is 9.87. The van der Waals surface area contributed by atoms with Crippen LogP contribution in [0.3, 0.4) is 0 Å². The fourth-order valence-corrected chi connectivity index (χ4v) is 2.72. The Balaban J connectivity index is 2.24. The van der Waals surface area contributed by atoms with Gasteiger partial charge < -0.3 is 9.29 Å². The molecule has 0 bridgehead atoms. The number of para-hydroxylation sites is 1. The Kier molecular flexibility index (Phi) is 4.08. The Hall–Kier alpha value is -2.61. The summed E-state index contributed by atoms with van der Waals surface area (Å²) in [5.41, 5.74) is -0.405. The predicted octanol–water partition coefficient (Wildman–Crippen LogP) is 2.21. The number of phenols is 1. The van der Waals surface area contributed by atoms with Gasteiger partial charge in [0.2, 0.25) is 0 Å². The maximum Gasteiger partial charge on any atom is 0.313 e. The topological polar surface area (TPSA) is 107 Å². The van der Waals surface area contributed by atoms with E-state index in [4.69, 9.17) is 4.18 Å². The number of hydrogen-bond donors (Lipinski definition) is 1. The lowest BCUT2D eigenvalue weighted by atomic mass is 10.2. The van der Waals surface area contributed by atoms with Crippen LogP contribution in [0.25, 0.3) is 0 Å². The minimum Gasteiger partial charge on any atom is -0.508 e. The van der Waals surface area contributed by atoms with E-state index in [1.165, 1.54) is 12.1 Å². The van der Waals surface area contributed by atoms with Crippen LogP contribution in [0.1, 0.15) is 5.56 Å². The number of phenolic OH excluding ortho intramolecular Hbond substituents is 1. The minimum atomic E-state index is -4.04. The van der Waals surface area contributed by atoms with E-state index in [0.29, 0.717) is 0 Å². The van der Waals surface area contributed by atoms with Gasteiger partial charge in [0.05, 0.1) is 4.92 Å². The third kappa shape index (κ3) is 3.93. The molecule has 7 nitrogen and oxygen atoms in total. The summed E-state index contributed by atoms with van der Waals surface area (Å²) in [4.78, 5) is 9.99. The molecule has 21 heavy (non-hydrogen) atoms. The fourth-order valence-electron chi connectivity index (χ4n) is 1.64. The third-order valence-corrected chi connectivity index (χ3v) is 3.68. The summed E-state index contributed by atoms with van der Waals surface area (Å²) in [7, 11) is -4.04. The van der Waals surface area contributed by atoms with Gasteiger partial charge in [-0.3, -0.25) is 10.1 Å². The molecule has 2 aromatic carbocycles. The molecule has 0 unspecified atom stereocenters. The molecular formula is C13H11NO6S. The molecule has 0 radical (unpaired) electrons. The number of nitro groups is 1. The van der Waals surface area contributed by atoms with Crippen molar-refractivity contribution in [1.29, 1.82) is 0 Å². The second kappa shape index (κ2) is 5.80. The normalized spacial score (nSPS) is 11.0. The van der Waals surface area contributed by atoms with E-state index in [0.717, 1.165) is 18.2 Å². The highest BCUT2D eigenvalue weighted by molar-refractivity contribution is 7.86. The monoisotopic (exact) mass is 309 g/mol. The smallest absolute Gasteiger partial charge is 0.313 e. The average Bonchev–Trinajstić information content (AvgIpc) is 2.41. The van der Waals surface area contributed by atoms with Gasteiger partial charge in [0.1, 0.15) is 17.3 Å². The van der Waals surface area contributed by atoms with Crippen LogP contribution in [0, 0.1) is 10.1 Å². The molecular weight excluding hydrogens is 298 g/mol. The molecule has 0 aliphatic rings. The van der Waals surface area contributed by atoms with Crippen molar-refractivity contribution in [2.24, 2.45) is 0 Å². The Labute approximate surface area is 120 Å². The van der Waals surface area contributed by atoms with Gasteiger partial charge in [-0.2, -0.15) is 8.42 Å². The lowest BCUT2D eigenvalue weighted by molar-refractivity contribution is -0.384. The molecule has 0 saturated heterocycles. The van der Waals surface area contributed by atoms with Crippen molar-refractivity contribution in [2.75, 3.05) is 0 Å². The standard InChI is InChI=1S/C13H11NO6S/c15-13-7-6-11(14(16)17)8-10(13)9-21(18,19)20-12-4-2-1-3-5-12/h1-8,15H,9H2. The van der Waals surface area contributed by atoms with Gasteiger partial charge in [0, 0.05) is 17.7 Å². The van der Waals surface area contributed by atoms with E-state index in [2.05, 4.69) is 0 Å². The van der Waals surface area contributed by atoms with Crippen LogP contribution >= 0.6 is 0 Å². The quantitative estimate of drug-likeness (QED) is 0.515. The SMILES string of the molecule is O=[N+]([O-])c1ccc(O)c(CS(=O)(=O)Oc2ccccc2)c1. The zero-order valence-corrected chi connectivity index (χ0v) is 11.5. The minimum absolute atomic E-state index is 0.0971. The Morgan fingerprint density at radius 2 is 1.81 bits per heavy atom. The van der Waals surface area contributed by atoms with E-state index in [1.807, 2.05) is 0 Å². The highest BCUT2D eigenvalue weighted by atomic mass is 32.2. The molecule has 0 spiro atoms. The summed E-state index contributed by atoms with van der Waals surface area (Å²) in [6, 6.07) is 11.0. The third-order valence-electron chi connectivity index (χ3n) is 2.57. The number of rotatable bonds is 5. The predicted molar refractivity (Wildman–Crippen MR) is 74.5 cm³/mol. The molecule has 0 saturated carbocycles. The first-order valence-electron chi connectivity index (χ1n) is 5.81. The average molecular weight is 309 g/mol. The van der Waals surface area contributed by atoms with Gasteiger partial charge in [-0.05, 0) is 18.2 Å². The van der Waals surface area contributed by atoms with Crippen LogP contribution in [0.15, 0.2) is 48.5 Å². The van der Waals surface area contributed by atoms with E-state index >= 15 is 0 Å². The van der Waals surface area contributed by atoms with Crippen LogP contribution in [0.5, 0.6) is 11.5 Å². The van der Waals surface area contributed by atoms with Crippen LogP contribution in [-0.2, 0) is 15.9 Å². The van der Waals surface area contributed by atoms with Crippen molar-refractivity contribution < 1.29 is 22.6 Å². The van der Waals surface area contributed by atoms with Gasteiger partial charge in [0.15, 0.2) is 0 Å². The maximum atomic E-state index is 11.9. The van der Waals surface area contributed by atoms with Gasteiger partial charge in [0.25, 0.3) is 5.69 Å². The van der Waals surface area contributed by atoms with Crippen LogP contribution < -0.4 is 4.18 Å². The van der Waals surface area contributed by atoms with E-state index in [9.17, 15) is 23.6 Å². The van der Waals surface area contributed by atoms with Crippen molar-refractivity contribution in [3.63, 3.8) is 0 Å². The van der Waals surface area contributed by atoms with E-state index < -0.39 is 20.8 Å². The molecule has 110 valence electrons. The van der Waals surface area contributed by atoms with Crippen molar-refractivity contribution in [3.8, 4) is 11.5 Å². The van der Waals surface area contributed by atoms with Gasteiger partial charge in [-0.15, -0.1) is 0 Å². The molecule has 0 amide bonds. The summed E-state index contributed by atoms with van der Waals surface area (Å²) < 4.78 is 28.7. The number of hydrogen-bond acceptors (Lipinski definition) is 6. The maximum absolute atomic E-state index is 11.9. The van der Waals surface area contributed by atoms with Crippen molar-refractivity contribution in [3.05, 3.63) is 64.2 Å². The molecule has 8 heteroatoms. The van der Waals surface area contributed by atoms with Crippen molar-refractivity contribution >= 4 is 15.8 Å². The molecule has 0 aromatic heterocycles. The lowest BCUT2D eigenvalue weighted by Gasteiger charge is -2.08. The van der Waals surface area contributed by atoms with Crippen LogP contribution in [0.4, 0.5) is 5.69 Å². The summed E-state index contributed by atoms with van der Waals surface area (Å²) in [5.74, 6) is -0.890. The summed E-state index contributed by atoms with van der Waals surface area (Å²) in [6.07, 6.45) is 0.